The first-order valence-electron chi connectivity index (χ1n) is 5.99. The summed E-state index contributed by atoms with van der Waals surface area (Å²) >= 11 is 3.17. The number of fused-ring (bicyclic) bond motifs is 1. The maximum atomic E-state index is 12.5. The van der Waals surface area contributed by atoms with E-state index < -0.39 is 19.1 Å². The summed E-state index contributed by atoms with van der Waals surface area (Å²) in [6.45, 7) is -0.306. The van der Waals surface area contributed by atoms with E-state index in [2.05, 4.69) is 15.9 Å². The number of hydrogen-bond acceptors (Lipinski definition) is 2. The molecule has 0 spiro atoms. The molecule has 1 aliphatic rings. The normalized spacial score (nSPS) is 17.2. The average molecular weight is 334 g/mol. The monoisotopic (exact) mass is 333 g/mol. The number of hydrogen-bond donors (Lipinski definition) is 0. The Bertz CT molecular complexity index is 431. The van der Waals surface area contributed by atoms with E-state index >= 15 is 0 Å². The molecule has 1 aromatic rings. The molecule has 2 rings (SSSR count). The van der Waals surface area contributed by atoms with Crippen molar-refractivity contribution in [3.63, 3.8) is 0 Å². The highest BCUT2D eigenvalue weighted by Crippen LogP contribution is 2.29. The predicted octanol–water partition coefficient (Wildman–Crippen LogP) is 2.48. The van der Waals surface area contributed by atoms with Gasteiger partial charge >= 0.3 is 0 Å². The van der Waals surface area contributed by atoms with Gasteiger partial charge in [0.15, 0.2) is 6.10 Å². The lowest BCUT2D eigenvalue weighted by Crippen LogP contribution is -2.44. The van der Waals surface area contributed by atoms with E-state index in [1.165, 1.54) is 0 Å². The lowest BCUT2D eigenvalue weighted by atomic mass is 10.1. The van der Waals surface area contributed by atoms with Crippen LogP contribution in [0.2, 0.25) is 0 Å². The van der Waals surface area contributed by atoms with Crippen molar-refractivity contribution in [2.75, 3.05) is 18.4 Å². The number of benzene rings is 1. The van der Waals surface area contributed by atoms with Crippen molar-refractivity contribution in [3.05, 3.63) is 29.8 Å². The highest BCUT2D eigenvalue weighted by molar-refractivity contribution is 9.09. The number of carbonyl (C=O) groups is 1. The third-order valence-corrected chi connectivity index (χ3v) is 3.30. The van der Waals surface area contributed by atoms with Crippen molar-refractivity contribution < 1.29 is 18.3 Å². The van der Waals surface area contributed by atoms with Crippen LogP contribution in [-0.4, -0.2) is 41.8 Å². The minimum Gasteiger partial charge on any atom is -0.480 e. The fraction of sp³-hybridized carbons (Fsp3) is 0.462. The van der Waals surface area contributed by atoms with Gasteiger partial charge in [0, 0.05) is 18.3 Å². The van der Waals surface area contributed by atoms with Crippen LogP contribution < -0.4 is 4.74 Å². The van der Waals surface area contributed by atoms with E-state index in [4.69, 9.17) is 4.74 Å². The lowest BCUT2D eigenvalue weighted by Gasteiger charge is -2.24. The van der Waals surface area contributed by atoms with E-state index in [1.807, 2.05) is 18.2 Å². The molecule has 0 saturated carbocycles. The number of amides is 1. The molecule has 3 nitrogen and oxygen atoms in total. The maximum absolute atomic E-state index is 12.5. The molecule has 1 atom stereocenters. The number of nitrogens with zero attached hydrogens (tertiary/aromatic N) is 1. The molecule has 0 saturated heterocycles. The van der Waals surface area contributed by atoms with Gasteiger partial charge in [0.2, 0.25) is 0 Å². The number of halogens is 3. The number of alkyl halides is 3. The van der Waals surface area contributed by atoms with E-state index in [0.29, 0.717) is 17.5 Å². The predicted molar refractivity (Wildman–Crippen MR) is 70.9 cm³/mol. The Morgan fingerprint density at radius 1 is 1.47 bits per heavy atom. The van der Waals surface area contributed by atoms with E-state index in [1.54, 1.807) is 6.07 Å². The molecule has 19 heavy (non-hydrogen) atoms. The fourth-order valence-corrected chi connectivity index (χ4v) is 2.51. The molecule has 1 aliphatic heterocycles. The Labute approximate surface area is 118 Å². The van der Waals surface area contributed by atoms with Crippen molar-refractivity contribution in [1.29, 1.82) is 0 Å². The van der Waals surface area contributed by atoms with Gasteiger partial charge in [0.25, 0.3) is 12.3 Å². The van der Waals surface area contributed by atoms with Gasteiger partial charge in [-0.3, -0.25) is 4.79 Å². The summed E-state index contributed by atoms with van der Waals surface area (Å²) in [7, 11) is 0. The van der Waals surface area contributed by atoms with Gasteiger partial charge in [-0.15, -0.1) is 0 Å². The van der Waals surface area contributed by atoms with Crippen molar-refractivity contribution >= 4 is 21.8 Å². The van der Waals surface area contributed by atoms with E-state index in [9.17, 15) is 13.6 Å². The maximum Gasteiger partial charge on any atom is 0.264 e. The summed E-state index contributed by atoms with van der Waals surface area (Å²) in [4.78, 5) is 13.3. The highest BCUT2D eigenvalue weighted by atomic mass is 79.9. The fourth-order valence-electron chi connectivity index (χ4n) is 2.08. The summed E-state index contributed by atoms with van der Waals surface area (Å²) in [6, 6.07) is 7.35. The largest absolute Gasteiger partial charge is 0.480 e. The van der Waals surface area contributed by atoms with Crippen LogP contribution in [-0.2, 0) is 11.2 Å². The Hall–Kier alpha value is -1.17. The molecule has 6 heteroatoms. The molecule has 0 bridgehead atoms. The molecule has 104 valence electrons. The summed E-state index contributed by atoms with van der Waals surface area (Å²) in [5.41, 5.74) is 0.941. The Morgan fingerprint density at radius 2 is 2.21 bits per heavy atom. The zero-order valence-electron chi connectivity index (χ0n) is 10.2. The standard InChI is InChI=1S/C13H14BrF2NO2/c14-5-6-17(8-12(15)16)13(18)11-7-9-3-1-2-4-10(9)19-11/h1-4,11-12H,5-8H2. The van der Waals surface area contributed by atoms with Gasteiger partial charge in [-0.25, -0.2) is 8.78 Å². The summed E-state index contributed by atoms with van der Waals surface area (Å²) in [6.07, 6.45) is -2.78. The average Bonchev–Trinajstić information content (AvgIpc) is 2.80. The molecule has 1 unspecified atom stereocenters. The second-order valence-corrected chi connectivity index (χ2v) is 5.08. The molecule has 1 amide bonds. The Kier molecular flexibility index (Phi) is 4.74. The Morgan fingerprint density at radius 3 is 2.84 bits per heavy atom. The summed E-state index contributed by atoms with van der Waals surface area (Å²) < 4.78 is 30.5. The lowest BCUT2D eigenvalue weighted by molar-refractivity contribution is -0.139. The molecule has 0 aliphatic carbocycles. The molecule has 0 aromatic heterocycles. The zero-order chi connectivity index (χ0) is 13.8. The topological polar surface area (TPSA) is 29.5 Å². The number of ether oxygens (including phenoxy) is 1. The van der Waals surface area contributed by atoms with Gasteiger partial charge in [-0.2, -0.15) is 0 Å². The summed E-state index contributed by atoms with van der Waals surface area (Å²) in [5.74, 6) is 0.285. The highest BCUT2D eigenvalue weighted by Gasteiger charge is 2.32. The van der Waals surface area contributed by atoms with Gasteiger partial charge in [-0.1, -0.05) is 34.1 Å². The smallest absolute Gasteiger partial charge is 0.264 e. The number of para-hydroxylation sites is 1. The van der Waals surface area contributed by atoms with Crippen LogP contribution in [0.25, 0.3) is 0 Å². The molecule has 0 radical (unpaired) electrons. The molecular formula is C13H14BrF2NO2. The van der Waals surface area contributed by atoms with Crippen LogP contribution in [0, 0.1) is 0 Å². The molecule has 1 aromatic carbocycles. The van der Waals surface area contributed by atoms with E-state index in [0.717, 1.165) is 10.5 Å². The first-order chi connectivity index (χ1) is 9.11. The number of carbonyl (C=O) groups excluding carboxylic acids is 1. The van der Waals surface area contributed by atoms with Crippen molar-refractivity contribution in [2.24, 2.45) is 0 Å². The van der Waals surface area contributed by atoms with Crippen LogP contribution >= 0.6 is 15.9 Å². The first kappa shape index (κ1) is 14.2. The first-order valence-corrected chi connectivity index (χ1v) is 7.11. The van der Waals surface area contributed by atoms with Gasteiger partial charge in [0.05, 0.1) is 6.54 Å². The van der Waals surface area contributed by atoms with Crippen molar-refractivity contribution in [3.8, 4) is 5.75 Å². The molecule has 0 N–H and O–H groups in total. The molecule has 0 fully saturated rings. The number of rotatable bonds is 5. The van der Waals surface area contributed by atoms with Crippen molar-refractivity contribution in [2.45, 2.75) is 19.0 Å². The second-order valence-electron chi connectivity index (χ2n) is 4.28. The van der Waals surface area contributed by atoms with Crippen LogP contribution in [0.4, 0.5) is 8.78 Å². The minimum atomic E-state index is -2.54. The van der Waals surface area contributed by atoms with Gasteiger partial charge in [0.1, 0.15) is 5.75 Å². The van der Waals surface area contributed by atoms with Crippen LogP contribution in [0.5, 0.6) is 5.75 Å². The van der Waals surface area contributed by atoms with Crippen molar-refractivity contribution in [1.82, 2.24) is 4.90 Å². The van der Waals surface area contributed by atoms with Crippen LogP contribution in [0.15, 0.2) is 24.3 Å². The second kappa shape index (κ2) is 6.32. The van der Waals surface area contributed by atoms with E-state index in [-0.39, 0.29) is 12.5 Å². The van der Waals surface area contributed by atoms with Gasteiger partial charge in [-0.05, 0) is 11.6 Å². The van der Waals surface area contributed by atoms with Crippen LogP contribution in [0.3, 0.4) is 0 Å². The third kappa shape index (κ3) is 3.43. The quantitative estimate of drug-likeness (QED) is 0.775. The minimum absolute atomic E-state index is 0.249. The molecule has 1 heterocycles. The Balaban J connectivity index is 2.04. The summed E-state index contributed by atoms with van der Waals surface area (Å²) in [5, 5.41) is 0.463. The van der Waals surface area contributed by atoms with Crippen LogP contribution in [0.1, 0.15) is 5.56 Å². The van der Waals surface area contributed by atoms with Gasteiger partial charge < -0.3 is 9.64 Å². The molecular weight excluding hydrogens is 320 g/mol. The third-order valence-electron chi connectivity index (χ3n) is 2.95. The SMILES string of the molecule is O=C(C1Cc2ccccc2O1)N(CCBr)CC(F)F. The zero-order valence-corrected chi connectivity index (χ0v) is 11.8.